The molecule has 2 aromatic rings. The predicted molar refractivity (Wildman–Crippen MR) is 91.7 cm³/mol. The molecule has 4 nitrogen and oxygen atoms in total. The fourth-order valence-electron chi connectivity index (χ4n) is 2.89. The summed E-state index contributed by atoms with van der Waals surface area (Å²) in [5.41, 5.74) is 0. The van der Waals surface area contributed by atoms with Gasteiger partial charge in [-0.15, -0.1) is 0 Å². The molecule has 1 fully saturated rings. The Morgan fingerprint density at radius 1 is 1.09 bits per heavy atom. The van der Waals surface area contributed by atoms with E-state index < -0.39 is 6.10 Å². The van der Waals surface area contributed by atoms with Crippen molar-refractivity contribution >= 4 is 10.8 Å². The molecule has 0 bridgehead atoms. The first-order valence-electron chi connectivity index (χ1n) is 8.28. The number of benzene rings is 2. The summed E-state index contributed by atoms with van der Waals surface area (Å²) in [5.74, 6) is 1.23. The van der Waals surface area contributed by atoms with E-state index in [1.807, 2.05) is 48.3 Å². The van der Waals surface area contributed by atoms with Crippen LogP contribution in [-0.4, -0.2) is 54.1 Å². The van der Waals surface area contributed by atoms with Crippen molar-refractivity contribution in [3.63, 3.8) is 0 Å². The van der Waals surface area contributed by atoms with Gasteiger partial charge >= 0.3 is 0 Å². The highest BCUT2D eigenvalue weighted by Gasteiger charge is 2.30. The monoisotopic (exact) mass is 315 g/mol. The minimum Gasteiger partial charge on any atom is -0.491 e. The lowest BCUT2D eigenvalue weighted by molar-refractivity contribution is 0.0509. The van der Waals surface area contributed by atoms with Crippen molar-refractivity contribution in [1.29, 1.82) is 0 Å². The highest BCUT2D eigenvalue weighted by molar-refractivity contribution is 5.83. The van der Waals surface area contributed by atoms with Crippen LogP contribution >= 0.6 is 0 Å². The molecular formula is C19H25NO3. The molecule has 23 heavy (non-hydrogen) atoms. The summed E-state index contributed by atoms with van der Waals surface area (Å²) in [6.07, 6.45) is 1.41. The lowest BCUT2D eigenvalue weighted by Crippen LogP contribution is -2.38. The highest BCUT2D eigenvalue weighted by atomic mass is 16.5. The molecule has 4 heteroatoms. The van der Waals surface area contributed by atoms with Gasteiger partial charge in [-0.25, -0.2) is 0 Å². The second-order valence-corrected chi connectivity index (χ2v) is 6.60. The van der Waals surface area contributed by atoms with Crippen molar-refractivity contribution < 1.29 is 14.9 Å². The average molecular weight is 315 g/mol. The molecule has 1 aliphatic rings. The van der Waals surface area contributed by atoms with E-state index in [2.05, 4.69) is 6.07 Å². The Bertz CT molecular complexity index is 641. The number of nitrogens with zero attached hydrogens (tertiary/aromatic N) is 1. The zero-order valence-electron chi connectivity index (χ0n) is 13.6. The molecular weight excluding hydrogens is 290 g/mol. The fourth-order valence-corrected chi connectivity index (χ4v) is 2.89. The van der Waals surface area contributed by atoms with Gasteiger partial charge < -0.3 is 19.8 Å². The number of hydrogen-bond donors (Lipinski definition) is 2. The van der Waals surface area contributed by atoms with Crippen LogP contribution in [0, 0.1) is 5.92 Å². The summed E-state index contributed by atoms with van der Waals surface area (Å²) in [6.45, 7) is 1.36. The van der Waals surface area contributed by atoms with E-state index in [4.69, 9.17) is 4.74 Å². The van der Waals surface area contributed by atoms with Crippen molar-refractivity contribution in [2.75, 3.05) is 26.7 Å². The number of aliphatic hydroxyl groups excluding tert-OH is 2. The Kier molecular flexibility index (Phi) is 5.16. The molecule has 124 valence electrons. The summed E-state index contributed by atoms with van der Waals surface area (Å²) in [5, 5.41) is 22.3. The molecule has 0 heterocycles. The van der Waals surface area contributed by atoms with Crippen molar-refractivity contribution in [3.8, 4) is 5.75 Å². The molecule has 0 saturated heterocycles. The smallest absolute Gasteiger partial charge is 0.120 e. The number of hydrogen-bond acceptors (Lipinski definition) is 4. The molecule has 3 rings (SSSR count). The van der Waals surface area contributed by atoms with Crippen LogP contribution in [0.4, 0.5) is 0 Å². The third-order valence-electron chi connectivity index (χ3n) is 4.35. The molecule has 2 aromatic carbocycles. The molecule has 2 atom stereocenters. The van der Waals surface area contributed by atoms with Crippen molar-refractivity contribution in [1.82, 2.24) is 4.90 Å². The second-order valence-electron chi connectivity index (χ2n) is 6.60. The number of ether oxygens (including phenoxy) is 1. The van der Waals surface area contributed by atoms with Gasteiger partial charge in [0.15, 0.2) is 0 Å². The van der Waals surface area contributed by atoms with Gasteiger partial charge in [-0.1, -0.05) is 30.3 Å². The first-order chi connectivity index (χ1) is 11.1. The van der Waals surface area contributed by atoms with Crippen molar-refractivity contribution in [2.45, 2.75) is 25.0 Å². The number of rotatable bonds is 8. The van der Waals surface area contributed by atoms with Gasteiger partial charge in [0.1, 0.15) is 18.5 Å². The van der Waals surface area contributed by atoms with Crippen LogP contribution in [0.1, 0.15) is 12.8 Å². The molecule has 0 radical (unpaired) electrons. The van der Waals surface area contributed by atoms with Crippen LogP contribution in [0.25, 0.3) is 10.8 Å². The largest absolute Gasteiger partial charge is 0.491 e. The number of fused-ring (bicyclic) bond motifs is 1. The lowest BCUT2D eigenvalue weighted by Gasteiger charge is -2.23. The quantitative estimate of drug-likeness (QED) is 0.785. The summed E-state index contributed by atoms with van der Waals surface area (Å²) < 4.78 is 5.70. The maximum atomic E-state index is 10.1. The summed E-state index contributed by atoms with van der Waals surface area (Å²) in [7, 11) is 1.92. The molecule has 1 aliphatic carbocycles. The van der Waals surface area contributed by atoms with E-state index in [-0.39, 0.29) is 12.7 Å². The van der Waals surface area contributed by atoms with E-state index in [9.17, 15) is 10.2 Å². The fraction of sp³-hybridized carbons (Fsp3) is 0.474. The van der Waals surface area contributed by atoms with Crippen molar-refractivity contribution in [3.05, 3.63) is 42.5 Å². The molecule has 2 unspecified atom stereocenters. The van der Waals surface area contributed by atoms with Crippen LogP contribution in [0.2, 0.25) is 0 Å². The summed E-state index contributed by atoms with van der Waals surface area (Å²) in [6, 6.07) is 14.1. The first-order valence-corrected chi connectivity index (χ1v) is 8.28. The highest BCUT2D eigenvalue weighted by Crippen LogP contribution is 2.32. The Morgan fingerprint density at radius 3 is 2.57 bits per heavy atom. The van der Waals surface area contributed by atoms with Gasteiger partial charge in [0.05, 0.1) is 6.10 Å². The normalized spacial score (nSPS) is 17.4. The maximum absolute atomic E-state index is 10.1. The first kappa shape index (κ1) is 16.2. The van der Waals surface area contributed by atoms with Crippen LogP contribution in [-0.2, 0) is 0 Å². The SMILES string of the molecule is CN(CC(O)COc1ccc2ccccc2c1)CC(O)C1CC1. The van der Waals surface area contributed by atoms with Gasteiger partial charge in [-0.05, 0) is 48.7 Å². The molecule has 0 aliphatic heterocycles. The van der Waals surface area contributed by atoms with E-state index in [0.29, 0.717) is 19.0 Å². The van der Waals surface area contributed by atoms with E-state index >= 15 is 0 Å². The van der Waals surface area contributed by atoms with Gasteiger partial charge in [0, 0.05) is 13.1 Å². The average Bonchev–Trinajstić information content (AvgIpc) is 3.37. The standard InChI is InChI=1S/C19H25NO3/c1-20(12-19(22)15-6-7-15)11-17(21)13-23-18-9-8-14-4-2-3-5-16(14)10-18/h2-5,8-10,15,17,19,21-22H,6-7,11-13H2,1H3. The van der Waals surface area contributed by atoms with Crippen LogP contribution < -0.4 is 4.74 Å². The van der Waals surface area contributed by atoms with Crippen LogP contribution in [0.3, 0.4) is 0 Å². The molecule has 0 amide bonds. The summed E-state index contributed by atoms with van der Waals surface area (Å²) in [4.78, 5) is 1.97. The van der Waals surface area contributed by atoms with Crippen LogP contribution in [0.15, 0.2) is 42.5 Å². The molecule has 0 spiro atoms. The lowest BCUT2D eigenvalue weighted by atomic mass is 10.1. The Morgan fingerprint density at radius 2 is 1.83 bits per heavy atom. The van der Waals surface area contributed by atoms with Crippen molar-refractivity contribution in [2.24, 2.45) is 5.92 Å². The van der Waals surface area contributed by atoms with Gasteiger partial charge in [0.25, 0.3) is 0 Å². The molecule has 1 saturated carbocycles. The third-order valence-corrected chi connectivity index (χ3v) is 4.35. The van der Waals surface area contributed by atoms with E-state index in [0.717, 1.165) is 24.0 Å². The van der Waals surface area contributed by atoms with Gasteiger partial charge in [0.2, 0.25) is 0 Å². The molecule has 0 aromatic heterocycles. The van der Waals surface area contributed by atoms with Gasteiger partial charge in [-0.2, -0.15) is 0 Å². The third kappa shape index (κ3) is 4.67. The maximum Gasteiger partial charge on any atom is 0.120 e. The van der Waals surface area contributed by atoms with Gasteiger partial charge in [-0.3, -0.25) is 0 Å². The van der Waals surface area contributed by atoms with E-state index in [1.165, 1.54) is 5.39 Å². The zero-order chi connectivity index (χ0) is 16.2. The number of aliphatic hydroxyl groups is 2. The molecule has 2 N–H and O–H groups in total. The number of likely N-dealkylation sites (N-methyl/N-ethyl adjacent to an activating group) is 1. The Balaban J connectivity index is 1.46. The Labute approximate surface area is 137 Å². The predicted octanol–water partition coefficient (Wildman–Crippen LogP) is 2.28. The topological polar surface area (TPSA) is 52.9 Å². The summed E-state index contributed by atoms with van der Waals surface area (Å²) >= 11 is 0. The van der Waals surface area contributed by atoms with Crippen LogP contribution in [0.5, 0.6) is 5.75 Å². The Hall–Kier alpha value is -1.62. The minimum absolute atomic E-state index is 0.252. The second kappa shape index (κ2) is 7.30. The minimum atomic E-state index is -0.571. The van der Waals surface area contributed by atoms with E-state index in [1.54, 1.807) is 0 Å². The zero-order valence-corrected chi connectivity index (χ0v) is 13.6.